The normalized spacial score (nSPS) is 22.6. The molecular formula is C14H22N2O3S. The first-order valence-electron chi connectivity index (χ1n) is 6.96. The van der Waals surface area contributed by atoms with Gasteiger partial charge in [-0.1, -0.05) is 37.3 Å². The summed E-state index contributed by atoms with van der Waals surface area (Å²) in [5.41, 5.74) is 0.767. The molecule has 0 aliphatic carbocycles. The second-order valence-electron chi connectivity index (χ2n) is 5.37. The first-order chi connectivity index (χ1) is 9.53. The Balaban J connectivity index is 2.10. The third-order valence-electron chi connectivity index (χ3n) is 3.64. The lowest BCUT2D eigenvalue weighted by atomic mass is 10.0. The van der Waals surface area contributed by atoms with Gasteiger partial charge in [-0.2, -0.15) is 17.4 Å². The quantitative estimate of drug-likeness (QED) is 0.860. The molecule has 1 aromatic carbocycles. The highest BCUT2D eigenvalue weighted by molar-refractivity contribution is 7.87. The Morgan fingerprint density at radius 3 is 2.70 bits per heavy atom. The third-order valence-corrected chi connectivity index (χ3v) is 5.23. The molecule has 2 rings (SSSR count). The van der Waals surface area contributed by atoms with E-state index in [2.05, 4.69) is 11.6 Å². The van der Waals surface area contributed by atoms with Crippen LogP contribution in [0.4, 0.5) is 0 Å². The molecule has 1 aromatic rings. The molecule has 1 aliphatic heterocycles. The minimum absolute atomic E-state index is 0.257. The zero-order valence-corrected chi connectivity index (χ0v) is 12.5. The van der Waals surface area contributed by atoms with Crippen LogP contribution in [0.25, 0.3) is 0 Å². The number of nitrogens with zero attached hydrogens (tertiary/aromatic N) is 1. The number of aliphatic hydroxyl groups is 1. The predicted octanol–water partition coefficient (Wildman–Crippen LogP) is 1.29. The smallest absolute Gasteiger partial charge is 0.280 e. The fourth-order valence-electron chi connectivity index (χ4n) is 2.51. The molecule has 0 bridgehead atoms. The molecule has 0 amide bonds. The van der Waals surface area contributed by atoms with Gasteiger partial charge in [0, 0.05) is 13.1 Å². The third kappa shape index (κ3) is 3.79. The van der Waals surface area contributed by atoms with Crippen molar-refractivity contribution in [2.45, 2.75) is 25.8 Å². The molecule has 1 aliphatic rings. The monoisotopic (exact) mass is 298 g/mol. The largest absolute Gasteiger partial charge is 0.394 e. The minimum atomic E-state index is -3.55. The van der Waals surface area contributed by atoms with Gasteiger partial charge in [0.1, 0.15) is 0 Å². The summed E-state index contributed by atoms with van der Waals surface area (Å²) in [5.74, 6) is 0.379. The fraction of sp³-hybridized carbons (Fsp3) is 0.571. The summed E-state index contributed by atoms with van der Waals surface area (Å²) in [5, 5.41) is 9.45. The van der Waals surface area contributed by atoms with Gasteiger partial charge in [-0.15, -0.1) is 0 Å². The van der Waals surface area contributed by atoms with Crippen molar-refractivity contribution in [3.05, 3.63) is 35.9 Å². The van der Waals surface area contributed by atoms with E-state index in [1.807, 2.05) is 30.3 Å². The second kappa shape index (κ2) is 6.67. The zero-order chi connectivity index (χ0) is 14.6. The Morgan fingerprint density at radius 2 is 2.10 bits per heavy atom. The van der Waals surface area contributed by atoms with Gasteiger partial charge in [0.25, 0.3) is 10.2 Å². The van der Waals surface area contributed by atoms with Crippen molar-refractivity contribution in [2.75, 3.05) is 19.7 Å². The molecule has 112 valence electrons. The number of hydrogen-bond acceptors (Lipinski definition) is 3. The van der Waals surface area contributed by atoms with Crippen LogP contribution in [0.3, 0.4) is 0 Å². The number of hydrogen-bond donors (Lipinski definition) is 2. The van der Waals surface area contributed by atoms with Crippen molar-refractivity contribution in [2.24, 2.45) is 5.92 Å². The fourth-order valence-corrected chi connectivity index (χ4v) is 4.05. The Hall–Kier alpha value is -0.950. The van der Waals surface area contributed by atoms with Crippen LogP contribution in [0, 0.1) is 5.92 Å². The van der Waals surface area contributed by atoms with Crippen molar-refractivity contribution in [3.63, 3.8) is 0 Å². The van der Waals surface area contributed by atoms with Crippen LogP contribution in [-0.4, -0.2) is 37.5 Å². The van der Waals surface area contributed by atoms with Crippen LogP contribution in [0.15, 0.2) is 30.3 Å². The van der Waals surface area contributed by atoms with Gasteiger partial charge in [0.05, 0.1) is 12.6 Å². The number of piperidine rings is 1. The molecule has 5 nitrogen and oxygen atoms in total. The van der Waals surface area contributed by atoms with Crippen LogP contribution in [0.5, 0.6) is 0 Å². The summed E-state index contributed by atoms with van der Waals surface area (Å²) in [6.45, 7) is 2.89. The number of benzene rings is 1. The van der Waals surface area contributed by atoms with E-state index >= 15 is 0 Å². The van der Waals surface area contributed by atoms with Gasteiger partial charge >= 0.3 is 0 Å². The Labute approximate surface area is 120 Å². The summed E-state index contributed by atoms with van der Waals surface area (Å²) in [4.78, 5) is 0. The Morgan fingerprint density at radius 1 is 1.40 bits per heavy atom. The standard InChI is InChI=1S/C14H22N2O3S/c1-12-6-5-9-16(10-12)20(18,19)15-14(11-17)13-7-3-2-4-8-13/h2-4,7-8,12,14-15,17H,5-6,9-11H2,1H3/t12?,14-/m0/s1. The lowest BCUT2D eigenvalue weighted by Crippen LogP contribution is -2.47. The van der Waals surface area contributed by atoms with E-state index in [9.17, 15) is 13.5 Å². The van der Waals surface area contributed by atoms with Gasteiger partial charge < -0.3 is 5.11 Å². The van der Waals surface area contributed by atoms with Crippen molar-refractivity contribution >= 4 is 10.2 Å². The first kappa shape index (κ1) is 15.4. The molecule has 20 heavy (non-hydrogen) atoms. The molecule has 2 N–H and O–H groups in total. The topological polar surface area (TPSA) is 69.6 Å². The summed E-state index contributed by atoms with van der Waals surface area (Å²) in [7, 11) is -3.55. The maximum Gasteiger partial charge on any atom is 0.280 e. The average molecular weight is 298 g/mol. The van der Waals surface area contributed by atoms with Crippen molar-refractivity contribution in [3.8, 4) is 0 Å². The molecule has 0 aromatic heterocycles. The maximum absolute atomic E-state index is 12.4. The lowest BCUT2D eigenvalue weighted by molar-refractivity contribution is 0.247. The van der Waals surface area contributed by atoms with E-state index < -0.39 is 16.3 Å². The predicted molar refractivity (Wildman–Crippen MR) is 78.3 cm³/mol. The van der Waals surface area contributed by atoms with Gasteiger partial charge in [-0.3, -0.25) is 0 Å². The average Bonchev–Trinajstić information content (AvgIpc) is 2.46. The molecule has 1 fully saturated rings. The van der Waals surface area contributed by atoms with Gasteiger partial charge in [0.15, 0.2) is 0 Å². The molecule has 0 spiro atoms. The van der Waals surface area contributed by atoms with E-state index in [1.165, 1.54) is 4.31 Å². The van der Waals surface area contributed by atoms with Crippen LogP contribution < -0.4 is 4.72 Å². The molecule has 0 radical (unpaired) electrons. The minimum Gasteiger partial charge on any atom is -0.394 e. The summed E-state index contributed by atoms with van der Waals surface area (Å²) < 4.78 is 28.8. The van der Waals surface area contributed by atoms with Crippen LogP contribution in [-0.2, 0) is 10.2 Å². The van der Waals surface area contributed by atoms with Gasteiger partial charge in [-0.05, 0) is 24.3 Å². The van der Waals surface area contributed by atoms with Crippen molar-refractivity contribution < 1.29 is 13.5 Å². The Bertz CT molecular complexity index is 518. The van der Waals surface area contributed by atoms with E-state index in [0.717, 1.165) is 18.4 Å². The first-order valence-corrected chi connectivity index (χ1v) is 8.40. The van der Waals surface area contributed by atoms with Crippen LogP contribution in [0.2, 0.25) is 0 Å². The SMILES string of the molecule is CC1CCCN(S(=O)(=O)N[C@@H](CO)c2ccccc2)C1. The van der Waals surface area contributed by atoms with E-state index in [1.54, 1.807) is 0 Å². The number of nitrogens with one attached hydrogen (secondary N) is 1. The summed E-state index contributed by atoms with van der Waals surface area (Å²) in [6.07, 6.45) is 1.95. The highest BCUT2D eigenvalue weighted by Crippen LogP contribution is 2.20. The lowest BCUT2D eigenvalue weighted by Gasteiger charge is -2.31. The Kier molecular flexibility index (Phi) is 5.15. The summed E-state index contributed by atoms with van der Waals surface area (Å²) in [6, 6.07) is 8.53. The number of aliphatic hydroxyl groups excluding tert-OH is 1. The van der Waals surface area contributed by atoms with Gasteiger partial charge in [0.2, 0.25) is 0 Å². The molecule has 1 saturated heterocycles. The maximum atomic E-state index is 12.4. The van der Waals surface area contributed by atoms with Crippen molar-refractivity contribution in [1.82, 2.24) is 9.03 Å². The van der Waals surface area contributed by atoms with Crippen molar-refractivity contribution in [1.29, 1.82) is 0 Å². The molecule has 2 atom stereocenters. The van der Waals surface area contributed by atoms with Crippen LogP contribution >= 0.6 is 0 Å². The highest BCUT2D eigenvalue weighted by atomic mass is 32.2. The molecule has 1 unspecified atom stereocenters. The van der Waals surface area contributed by atoms with E-state index in [4.69, 9.17) is 0 Å². The molecule has 1 heterocycles. The van der Waals surface area contributed by atoms with E-state index in [0.29, 0.717) is 19.0 Å². The molecule has 6 heteroatoms. The van der Waals surface area contributed by atoms with E-state index in [-0.39, 0.29) is 6.61 Å². The zero-order valence-electron chi connectivity index (χ0n) is 11.7. The van der Waals surface area contributed by atoms with Crippen LogP contribution in [0.1, 0.15) is 31.4 Å². The molecule has 0 saturated carbocycles. The second-order valence-corrected chi connectivity index (χ2v) is 7.08. The number of rotatable bonds is 5. The summed E-state index contributed by atoms with van der Waals surface area (Å²) >= 11 is 0. The molecular weight excluding hydrogens is 276 g/mol. The highest BCUT2D eigenvalue weighted by Gasteiger charge is 2.29. The van der Waals surface area contributed by atoms with Gasteiger partial charge in [-0.25, -0.2) is 0 Å².